The average Bonchev–Trinajstić information content (AvgIpc) is 3.36. The van der Waals surface area contributed by atoms with Crippen LogP contribution in [0.5, 0.6) is 0 Å². The van der Waals surface area contributed by atoms with Crippen molar-refractivity contribution in [3.8, 4) is 68.3 Å². The van der Waals surface area contributed by atoms with Crippen LogP contribution in [0.15, 0.2) is 152 Å². The first-order valence-electron chi connectivity index (χ1n) is 18.6. The number of benzene rings is 6. The molecule has 6 aromatic carbocycles. The molecule has 3 nitrogen and oxygen atoms in total. The second kappa shape index (κ2) is 15.2. The van der Waals surface area contributed by atoms with E-state index < -0.39 is 0 Å². The van der Waals surface area contributed by atoms with Crippen molar-refractivity contribution in [3.63, 3.8) is 0 Å². The summed E-state index contributed by atoms with van der Waals surface area (Å²) in [5.41, 5.74) is 18.4. The molecule has 9 rings (SSSR count). The maximum Gasteiger partial charge on any atom is 0.164 e. The molecule has 0 N–H and O–H groups in total. The van der Waals surface area contributed by atoms with Crippen molar-refractivity contribution >= 4 is 5.57 Å². The zero-order valence-electron chi connectivity index (χ0n) is 31.2. The van der Waals surface area contributed by atoms with Crippen molar-refractivity contribution in [1.82, 2.24) is 15.0 Å². The molecule has 2 aliphatic carbocycles. The van der Waals surface area contributed by atoms with Gasteiger partial charge >= 0.3 is 0 Å². The lowest BCUT2D eigenvalue weighted by Gasteiger charge is -2.14. The third kappa shape index (κ3) is 7.07. The largest absolute Gasteiger partial charge is 0.208 e. The van der Waals surface area contributed by atoms with Crippen LogP contribution in [0.3, 0.4) is 0 Å². The number of rotatable bonds is 5. The number of aryl methyl sites for hydroxylation is 4. The summed E-state index contributed by atoms with van der Waals surface area (Å²) in [4.78, 5) is 14.7. The molecule has 0 fully saturated rings. The van der Waals surface area contributed by atoms with Crippen LogP contribution < -0.4 is 0 Å². The number of hydrogen-bond acceptors (Lipinski definition) is 3. The number of nitrogens with zero attached hydrogens (tertiary/aromatic N) is 3. The monoisotopic (exact) mass is 695 g/mol. The molecule has 1 heterocycles. The molecule has 0 saturated carbocycles. The van der Waals surface area contributed by atoms with Gasteiger partial charge in [0.25, 0.3) is 0 Å². The Labute approximate surface area is 318 Å². The summed E-state index contributed by atoms with van der Waals surface area (Å²) >= 11 is 0. The Morgan fingerprint density at radius 3 is 1.85 bits per heavy atom. The Morgan fingerprint density at radius 2 is 1.13 bits per heavy atom. The van der Waals surface area contributed by atoms with Crippen LogP contribution in [0, 0.1) is 39.5 Å². The number of fused-ring (bicyclic) bond motifs is 3. The van der Waals surface area contributed by atoms with Gasteiger partial charge < -0.3 is 0 Å². The van der Waals surface area contributed by atoms with Gasteiger partial charge in [0.1, 0.15) is 0 Å². The van der Waals surface area contributed by atoms with Crippen LogP contribution in [-0.2, 0) is 6.42 Å². The summed E-state index contributed by atoms with van der Waals surface area (Å²) in [6.45, 7) is 8.67. The van der Waals surface area contributed by atoms with Crippen LogP contribution in [0.1, 0.15) is 45.4 Å². The van der Waals surface area contributed by atoms with Gasteiger partial charge in [-0.1, -0.05) is 157 Å². The standard InChI is InChI=1S/C29H21N3.C22H20/c1-19-15-16-22-18-23-13-8-14-24(26(23)25(22)17-19)29-31-27(20-9-4-2-5-10-20)30-28(32-29)21-11-6-3-7-12-21;1-16-10-8-9-13-20(16)22-15-21(17(2)14-18(22)3)19-11-6-4-5-7-12-19/h2-17H,18H2,1H3;4,6,8-11,13-15H,5H2,1-3H3. The van der Waals surface area contributed by atoms with Crippen molar-refractivity contribution in [2.24, 2.45) is 0 Å². The van der Waals surface area contributed by atoms with E-state index in [4.69, 9.17) is 15.0 Å². The highest BCUT2D eigenvalue weighted by molar-refractivity contribution is 5.89. The zero-order chi connectivity index (χ0) is 37.0. The number of hydrogen-bond donors (Lipinski definition) is 0. The van der Waals surface area contributed by atoms with Crippen LogP contribution in [0.2, 0.25) is 0 Å². The normalized spacial score (nSPS) is 12.3. The van der Waals surface area contributed by atoms with E-state index in [1.165, 1.54) is 61.2 Å². The molecule has 3 heteroatoms. The minimum atomic E-state index is 0.689. The van der Waals surface area contributed by atoms with Gasteiger partial charge in [-0.05, 0) is 102 Å². The molecule has 2 aliphatic rings. The molecule has 0 atom stereocenters. The molecule has 0 amide bonds. The second-order valence-electron chi connectivity index (χ2n) is 14.0. The van der Waals surface area contributed by atoms with E-state index in [1.54, 1.807) is 0 Å². The Kier molecular flexibility index (Phi) is 9.67. The first-order valence-corrected chi connectivity index (χ1v) is 18.6. The predicted molar refractivity (Wildman–Crippen MR) is 225 cm³/mol. The molecule has 0 bridgehead atoms. The molecule has 260 valence electrons. The van der Waals surface area contributed by atoms with E-state index in [0.717, 1.165) is 35.1 Å². The van der Waals surface area contributed by atoms with Gasteiger partial charge in [-0.15, -0.1) is 0 Å². The highest BCUT2D eigenvalue weighted by Crippen LogP contribution is 2.43. The molecule has 1 aromatic heterocycles. The minimum absolute atomic E-state index is 0.689. The average molecular weight is 696 g/mol. The molecular weight excluding hydrogens is 655 g/mol. The SMILES string of the molecule is Cc1cc(C)c(-c2ccccc2C)cc1C1=CC=CCC#C1.Cc1ccc2c(c1)-c1c(cccc1-c1nc(-c3ccccc3)nc(-c3ccccc3)n1)C2. The van der Waals surface area contributed by atoms with Crippen molar-refractivity contribution in [2.45, 2.75) is 40.5 Å². The topological polar surface area (TPSA) is 38.7 Å². The first-order chi connectivity index (χ1) is 26.4. The highest BCUT2D eigenvalue weighted by atomic mass is 15.0. The van der Waals surface area contributed by atoms with E-state index in [1.807, 2.05) is 60.7 Å². The molecule has 54 heavy (non-hydrogen) atoms. The summed E-state index contributed by atoms with van der Waals surface area (Å²) in [6.07, 6.45) is 8.09. The van der Waals surface area contributed by atoms with Gasteiger partial charge in [-0.2, -0.15) is 0 Å². The van der Waals surface area contributed by atoms with Crippen LogP contribution in [-0.4, -0.2) is 15.0 Å². The van der Waals surface area contributed by atoms with Crippen LogP contribution in [0.4, 0.5) is 0 Å². The van der Waals surface area contributed by atoms with Crippen molar-refractivity contribution in [1.29, 1.82) is 0 Å². The molecule has 0 unspecified atom stereocenters. The van der Waals surface area contributed by atoms with Gasteiger partial charge in [0.2, 0.25) is 0 Å². The van der Waals surface area contributed by atoms with E-state index in [-0.39, 0.29) is 0 Å². The van der Waals surface area contributed by atoms with Gasteiger partial charge in [-0.25, -0.2) is 15.0 Å². The fourth-order valence-electron chi connectivity index (χ4n) is 7.41. The summed E-state index contributed by atoms with van der Waals surface area (Å²) in [5, 5.41) is 0. The quantitative estimate of drug-likeness (QED) is 0.168. The lowest BCUT2D eigenvalue weighted by molar-refractivity contribution is 1.07. The van der Waals surface area contributed by atoms with E-state index in [9.17, 15) is 0 Å². The predicted octanol–water partition coefficient (Wildman–Crippen LogP) is 12.4. The lowest BCUT2D eigenvalue weighted by Crippen LogP contribution is -2.01. The lowest BCUT2D eigenvalue weighted by atomic mass is 9.90. The molecule has 0 aliphatic heterocycles. The second-order valence-corrected chi connectivity index (χ2v) is 14.0. The summed E-state index contributed by atoms with van der Waals surface area (Å²) < 4.78 is 0. The molecule has 7 aromatic rings. The summed E-state index contributed by atoms with van der Waals surface area (Å²) in [5.74, 6) is 8.59. The van der Waals surface area contributed by atoms with Gasteiger partial charge in [0.05, 0.1) is 0 Å². The van der Waals surface area contributed by atoms with Crippen LogP contribution in [0.25, 0.3) is 62.0 Å². The first kappa shape index (κ1) is 34.5. The molecule has 0 spiro atoms. The van der Waals surface area contributed by atoms with Gasteiger partial charge in [0, 0.05) is 28.7 Å². The fraction of sp³-hybridized carbons (Fsp3) is 0.118. The Hall–Kier alpha value is -6.63. The zero-order valence-corrected chi connectivity index (χ0v) is 31.2. The number of aromatic nitrogens is 3. The van der Waals surface area contributed by atoms with E-state index in [2.05, 4.69) is 131 Å². The Balaban J connectivity index is 0.000000165. The van der Waals surface area contributed by atoms with E-state index >= 15 is 0 Å². The van der Waals surface area contributed by atoms with Gasteiger partial charge in [-0.3, -0.25) is 0 Å². The highest BCUT2D eigenvalue weighted by Gasteiger charge is 2.24. The third-order valence-corrected chi connectivity index (χ3v) is 10.1. The molecule has 0 radical (unpaired) electrons. The van der Waals surface area contributed by atoms with Crippen molar-refractivity contribution in [2.75, 3.05) is 0 Å². The van der Waals surface area contributed by atoms with Gasteiger partial charge in [0.15, 0.2) is 17.5 Å². The smallest absolute Gasteiger partial charge is 0.164 e. The van der Waals surface area contributed by atoms with Crippen LogP contribution >= 0.6 is 0 Å². The Morgan fingerprint density at radius 1 is 0.481 bits per heavy atom. The maximum atomic E-state index is 4.95. The Bertz CT molecular complexity index is 2580. The maximum absolute atomic E-state index is 4.95. The van der Waals surface area contributed by atoms with Crippen molar-refractivity contribution in [3.05, 3.63) is 191 Å². The molecular formula is C51H41N3. The van der Waals surface area contributed by atoms with Crippen molar-refractivity contribution < 1.29 is 0 Å². The number of allylic oxidation sites excluding steroid dienone is 4. The van der Waals surface area contributed by atoms with E-state index in [0.29, 0.717) is 17.5 Å². The minimum Gasteiger partial charge on any atom is -0.208 e. The summed E-state index contributed by atoms with van der Waals surface area (Å²) in [7, 11) is 0. The summed E-state index contributed by atoms with van der Waals surface area (Å²) in [6, 6.07) is 46.5. The molecule has 0 saturated heterocycles. The third-order valence-electron chi connectivity index (χ3n) is 10.1. The fourth-order valence-corrected chi connectivity index (χ4v) is 7.41.